The minimum absolute atomic E-state index is 0.161. The molecule has 0 bridgehead atoms. The fourth-order valence-electron chi connectivity index (χ4n) is 1.36. The number of aromatic nitrogens is 1. The highest BCUT2D eigenvalue weighted by Gasteiger charge is 2.17. The Bertz CT molecular complexity index is 444. The maximum Gasteiger partial charge on any atom is 0.265 e. The van der Waals surface area contributed by atoms with Gasteiger partial charge in [0.2, 0.25) is 0 Å². The van der Waals surface area contributed by atoms with Crippen molar-refractivity contribution in [1.82, 2.24) is 15.2 Å². The Morgan fingerprint density at radius 3 is 2.55 bits per heavy atom. The van der Waals surface area contributed by atoms with Crippen LogP contribution in [0.1, 0.15) is 30.4 Å². The molecule has 0 aromatic carbocycles. The highest BCUT2D eigenvalue weighted by Crippen LogP contribution is 2.24. The molecule has 1 amide bonds. The van der Waals surface area contributed by atoms with E-state index in [-0.39, 0.29) is 17.8 Å². The summed E-state index contributed by atoms with van der Waals surface area (Å²) in [6.45, 7) is 7.66. The molecule has 1 atom stereocenters. The molecule has 114 valence electrons. The van der Waals surface area contributed by atoms with E-state index in [1.165, 1.54) is 11.3 Å². The van der Waals surface area contributed by atoms with Crippen LogP contribution in [0.2, 0.25) is 0 Å². The van der Waals surface area contributed by atoms with E-state index in [1.54, 1.807) is 0 Å². The number of anilines is 2. The Balaban J connectivity index is 2.59. The lowest BCUT2D eigenvalue weighted by Gasteiger charge is -2.19. The van der Waals surface area contributed by atoms with Crippen LogP contribution in [0, 0.1) is 5.92 Å². The number of nitrogens with zero attached hydrogens (tertiary/aromatic N) is 2. The van der Waals surface area contributed by atoms with Gasteiger partial charge in [-0.15, -0.1) is 0 Å². The van der Waals surface area contributed by atoms with Gasteiger partial charge in [0, 0.05) is 19.1 Å². The van der Waals surface area contributed by atoms with Crippen molar-refractivity contribution in [2.45, 2.75) is 26.8 Å². The fraction of sp³-hybridized carbons (Fsp3) is 0.692. The van der Waals surface area contributed by atoms with Gasteiger partial charge < -0.3 is 21.3 Å². The molecule has 1 heterocycles. The number of nitrogens with two attached hydrogens (primary N) is 1. The average molecular weight is 299 g/mol. The van der Waals surface area contributed by atoms with E-state index in [9.17, 15) is 4.79 Å². The lowest BCUT2D eigenvalue weighted by atomic mass is 10.2. The molecule has 0 saturated heterocycles. The Morgan fingerprint density at radius 2 is 2.00 bits per heavy atom. The summed E-state index contributed by atoms with van der Waals surface area (Å²) in [6.07, 6.45) is 0. The van der Waals surface area contributed by atoms with Gasteiger partial charge in [-0.25, -0.2) is 4.98 Å². The first-order valence-corrected chi connectivity index (χ1v) is 7.57. The molecule has 1 aromatic heterocycles. The van der Waals surface area contributed by atoms with Crippen LogP contribution in [-0.2, 0) is 0 Å². The number of rotatable bonds is 7. The van der Waals surface area contributed by atoms with Gasteiger partial charge in [-0.05, 0) is 26.9 Å². The molecule has 4 N–H and O–H groups in total. The smallest absolute Gasteiger partial charge is 0.265 e. The minimum atomic E-state index is -0.161. The molecular weight excluding hydrogens is 274 g/mol. The molecule has 1 aromatic rings. The van der Waals surface area contributed by atoms with Gasteiger partial charge in [0.15, 0.2) is 5.13 Å². The number of hydrogen-bond donors (Lipinski definition) is 3. The number of nitrogen functional groups attached to an aromatic ring is 1. The minimum Gasteiger partial charge on any atom is -0.382 e. The molecule has 1 unspecified atom stereocenters. The van der Waals surface area contributed by atoms with Gasteiger partial charge in [-0.3, -0.25) is 4.79 Å². The van der Waals surface area contributed by atoms with Crippen LogP contribution in [0.3, 0.4) is 0 Å². The molecular formula is C13H25N5OS. The number of carbonyl (C=O) groups is 1. The van der Waals surface area contributed by atoms with E-state index >= 15 is 0 Å². The maximum atomic E-state index is 12.1. The van der Waals surface area contributed by atoms with E-state index in [0.717, 1.165) is 6.54 Å². The zero-order valence-corrected chi connectivity index (χ0v) is 13.7. The summed E-state index contributed by atoms with van der Waals surface area (Å²) in [4.78, 5) is 18.8. The molecule has 0 radical (unpaired) electrons. The molecule has 0 aliphatic heterocycles. The summed E-state index contributed by atoms with van der Waals surface area (Å²) in [5, 5.41) is 6.76. The number of likely N-dealkylation sites (N-methyl/N-ethyl adjacent to an activating group) is 1. The first-order valence-electron chi connectivity index (χ1n) is 6.76. The monoisotopic (exact) mass is 299 g/mol. The standard InChI is InChI=1S/C13H25N5OS/c1-8(2)6-16-13-17-11(14)10(20-13)12(19)15-7-9(3)18(4)5/h8-9H,6-7,14H2,1-5H3,(H,15,19)(H,16,17). The molecule has 0 aliphatic rings. The third-order valence-electron chi connectivity index (χ3n) is 2.96. The Labute approximate surface area is 124 Å². The van der Waals surface area contributed by atoms with Crippen molar-refractivity contribution in [2.24, 2.45) is 5.92 Å². The first-order chi connectivity index (χ1) is 9.31. The van der Waals surface area contributed by atoms with Crippen molar-refractivity contribution in [3.8, 4) is 0 Å². The normalized spacial score (nSPS) is 12.8. The number of hydrogen-bond acceptors (Lipinski definition) is 6. The zero-order valence-electron chi connectivity index (χ0n) is 12.9. The van der Waals surface area contributed by atoms with Crippen molar-refractivity contribution in [1.29, 1.82) is 0 Å². The van der Waals surface area contributed by atoms with Crippen LogP contribution >= 0.6 is 11.3 Å². The Kier molecular flexibility index (Phi) is 6.22. The molecule has 6 nitrogen and oxygen atoms in total. The first kappa shape index (κ1) is 16.7. The number of carbonyl (C=O) groups excluding carboxylic acids is 1. The number of amides is 1. The largest absolute Gasteiger partial charge is 0.382 e. The second kappa shape index (κ2) is 7.44. The molecule has 1 rings (SSSR count). The van der Waals surface area contributed by atoms with Crippen molar-refractivity contribution < 1.29 is 4.79 Å². The van der Waals surface area contributed by atoms with E-state index in [0.29, 0.717) is 22.5 Å². The summed E-state index contributed by atoms with van der Waals surface area (Å²) >= 11 is 1.30. The van der Waals surface area contributed by atoms with Gasteiger partial charge >= 0.3 is 0 Å². The van der Waals surface area contributed by atoms with E-state index in [1.807, 2.05) is 25.9 Å². The molecule has 20 heavy (non-hydrogen) atoms. The molecule has 0 fully saturated rings. The van der Waals surface area contributed by atoms with Crippen molar-refractivity contribution in [3.63, 3.8) is 0 Å². The average Bonchev–Trinajstić information content (AvgIpc) is 2.74. The van der Waals surface area contributed by atoms with Gasteiger partial charge in [-0.1, -0.05) is 25.2 Å². The van der Waals surface area contributed by atoms with Crippen LogP contribution in [-0.4, -0.2) is 49.0 Å². The Hall–Kier alpha value is -1.34. The summed E-state index contributed by atoms with van der Waals surface area (Å²) in [6, 6.07) is 0.270. The maximum absolute atomic E-state index is 12.1. The molecule has 0 saturated carbocycles. The van der Waals surface area contributed by atoms with E-state index < -0.39 is 0 Å². The number of nitrogens with one attached hydrogen (secondary N) is 2. The summed E-state index contributed by atoms with van der Waals surface area (Å²) in [5.74, 6) is 0.640. The van der Waals surface area contributed by atoms with Crippen molar-refractivity contribution in [2.75, 3.05) is 38.2 Å². The highest BCUT2D eigenvalue weighted by molar-refractivity contribution is 7.18. The fourth-order valence-corrected chi connectivity index (χ4v) is 2.17. The van der Waals surface area contributed by atoms with Gasteiger partial charge in [0.1, 0.15) is 10.7 Å². The number of thiazole rings is 1. The van der Waals surface area contributed by atoms with E-state index in [2.05, 4.69) is 29.5 Å². The Morgan fingerprint density at radius 1 is 1.35 bits per heavy atom. The van der Waals surface area contributed by atoms with Crippen LogP contribution in [0.5, 0.6) is 0 Å². The molecule has 7 heteroatoms. The quantitative estimate of drug-likeness (QED) is 0.710. The summed E-state index contributed by atoms with van der Waals surface area (Å²) in [7, 11) is 3.96. The topological polar surface area (TPSA) is 83.3 Å². The molecule has 0 spiro atoms. The predicted octanol–water partition coefficient (Wildman–Crippen LogP) is 1.47. The lowest BCUT2D eigenvalue weighted by molar-refractivity contribution is 0.0948. The van der Waals surface area contributed by atoms with Gasteiger partial charge in [0.25, 0.3) is 5.91 Å². The third kappa shape index (κ3) is 4.97. The highest BCUT2D eigenvalue weighted by atomic mass is 32.1. The summed E-state index contributed by atoms with van der Waals surface area (Å²) in [5.41, 5.74) is 5.80. The second-order valence-corrected chi connectivity index (χ2v) is 6.53. The van der Waals surface area contributed by atoms with Crippen molar-refractivity contribution >= 4 is 28.2 Å². The van der Waals surface area contributed by atoms with Crippen LogP contribution in [0.25, 0.3) is 0 Å². The van der Waals surface area contributed by atoms with Gasteiger partial charge in [-0.2, -0.15) is 0 Å². The SMILES string of the molecule is CC(C)CNc1nc(N)c(C(=O)NCC(C)N(C)C)s1. The second-order valence-electron chi connectivity index (χ2n) is 5.53. The van der Waals surface area contributed by atoms with Crippen LogP contribution in [0.15, 0.2) is 0 Å². The van der Waals surface area contributed by atoms with Gasteiger partial charge in [0.05, 0.1) is 0 Å². The lowest BCUT2D eigenvalue weighted by Crippen LogP contribution is -2.38. The zero-order chi connectivity index (χ0) is 15.3. The predicted molar refractivity (Wildman–Crippen MR) is 85.3 cm³/mol. The van der Waals surface area contributed by atoms with Crippen molar-refractivity contribution in [3.05, 3.63) is 4.88 Å². The third-order valence-corrected chi connectivity index (χ3v) is 3.99. The summed E-state index contributed by atoms with van der Waals surface area (Å²) < 4.78 is 0. The molecule has 0 aliphatic carbocycles. The van der Waals surface area contributed by atoms with E-state index in [4.69, 9.17) is 5.73 Å². The van der Waals surface area contributed by atoms with Crippen LogP contribution < -0.4 is 16.4 Å². The van der Waals surface area contributed by atoms with Crippen LogP contribution in [0.4, 0.5) is 10.9 Å².